The van der Waals surface area contributed by atoms with Crippen molar-refractivity contribution >= 4 is 11.9 Å². The fourth-order valence-corrected chi connectivity index (χ4v) is 2.64. The van der Waals surface area contributed by atoms with E-state index in [-0.39, 0.29) is 18.0 Å². The third kappa shape index (κ3) is 5.72. The molecule has 5 nitrogen and oxygen atoms in total. The van der Waals surface area contributed by atoms with Crippen LogP contribution in [0.4, 0.5) is 4.79 Å². The van der Waals surface area contributed by atoms with Crippen molar-refractivity contribution in [2.45, 2.75) is 38.9 Å². The average molecular weight is 340 g/mol. The number of urea groups is 1. The lowest BCUT2D eigenvalue weighted by Gasteiger charge is -2.20. The lowest BCUT2D eigenvalue weighted by molar-refractivity contribution is -0.704. The maximum Gasteiger partial charge on any atom is 0.321 e. The maximum absolute atomic E-state index is 12.3. The van der Waals surface area contributed by atoms with Gasteiger partial charge in [0.05, 0.1) is 0 Å². The monoisotopic (exact) mass is 340 g/mol. The van der Waals surface area contributed by atoms with Gasteiger partial charge in [0.2, 0.25) is 0 Å². The van der Waals surface area contributed by atoms with Gasteiger partial charge in [0.25, 0.3) is 5.91 Å². The van der Waals surface area contributed by atoms with E-state index in [4.69, 9.17) is 0 Å². The van der Waals surface area contributed by atoms with Crippen LogP contribution in [0.2, 0.25) is 0 Å². The quantitative estimate of drug-likeness (QED) is 0.752. The first kappa shape index (κ1) is 18.7. The van der Waals surface area contributed by atoms with Crippen molar-refractivity contribution in [2.24, 2.45) is 0 Å². The molecule has 1 atom stereocenters. The third-order valence-electron chi connectivity index (χ3n) is 3.87. The van der Waals surface area contributed by atoms with Crippen molar-refractivity contribution in [3.63, 3.8) is 0 Å². The second-order valence-electron chi connectivity index (χ2n) is 6.40. The van der Waals surface area contributed by atoms with Crippen LogP contribution in [0, 0.1) is 0 Å². The number of amides is 3. The fraction of sp³-hybridized carbons (Fsp3) is 0.300. The molecule has 0 aliphatic heterocycles. The molecule has 0 saturated carbocycles. The van der Waals surface area contributed by atoms with E-state index in [2.05, 4.69) is 10.6 Å². The van der Waals surface area contributed by atoms with Gasteiger partial charge in [-0.1, -0.05) is 60.7 Å². The molecule has 3 amide bonds. The predicted molar refractivity (Wildman–Crippen MR) is 97.9 cm³/mol. The smallest absolute Gasteiger partial charge is 0.321 e. The first-order valence-corrected chi connectivity index (χ1v) is 8.53. The minimum Gasteiger partial charge on any atom is -0.336 e. The number of rotatable bonds is 6. The molecule has 2 aromatic rings. The summed E-state index contributed by atoms with van der Waals surface area (Å²) in [5, 5.41) is 7.03. The molecule has 0 spiro atoms. The Morgan fingerprint density at radius 3 is 1.76 bits per heavy atom. The Morgan fingerprint density at radius 1 is 0.840 bits per heavy atom. The Morgan fingerprint density at radius 2 is 1.32 bits per heavy atom. The molecule has 0 heterocycles. The van der Waals surface area contributed by atoms with Crippen LogP contribution in [-0.2, 0) is 4.79 Å². The van der Waals surface area contributed by atoms with E-state index in [1.54, 1.807) is 6.92 Å². The lowest BCUT2D eigenvalue weighted by Crippen LogP contribution is -2.93. The van der Waals surface area contributed by atoms with Crippen LogP contribution in [0.1, 0.15) is 37.9 Å². The summed E-state index contributed by atoms with van der Waals surface area (Å²) in [5.41, 5.74) is 2.22. The van der Waals surface area contributed by atoms with Crippen molar-refractivity contribution in [1.29, 1.82) is 0 Å². The van der Waals surface area contributed by atoms with E-state index in [1.165, 1.54) is 0 Å². The van der Waals surface area contributed by atoms with Crippen molar-refractivity contribution in [3.05, 3.63) is 71.8 Å². The minimum atomic E-state index is -0.462. The molecule has 0 radical (unpaired) electrons. The molecular weight excluding hydrogens is 314 g/mol. The van der Waals surface area contributed by atoms with Gasteiger partial charge in [0.15, 0.2) is 6.04 Å². The molecule has 0 aliphatic rings. The molecule has 0 fully saturated rings. The highest BCUT2D eigenvalue weighted by Gasteiger charge is 2.25. The molecule has 0 aromatic heterocycles. The van der Waals surface area contributed by atoms with Gasteiger partial charge in [-0.3, -0.25) is 10.1 Å². The van der Waals surface area contributed by atoms with Crippen molar-refractivity contribution in [2.75, 3.05) is 0 Å². The van der Waals surface area contributed by atoms with E-state index in [9.17, 15) is 9.59 Å². The number of nitrogens with one attached hydrogen (secondary N) is 2. The molecule has 0 unspecified atom stereocenters. The number of carbonyl (C=O) groups is 2. The summed E-state index contributed by atoms with van der Waals surface area (Å²) in [5.74, 6) is -0.310. The van der Waals surface area contributed by atoms with Gasteiger partial charge in [-0.05, 0) is 20.8 Å². The summed E-state index contributed by atoms with van der Waals surface area (Å²) in [7, 11) is 0. The van der Waals surface area contributed by atoms with Gasteiger partial charge in [0.1, 0.15) is 6.04 Å². The van der Waals surface area contributed by atoms with Gasteiger partial charge in [-0.2, -0.15) is 0 Å². The summed E-state index contributed by atoms with van der Waals surface area (Å²) in [6.45, 7) is 5.50. The Kier molecular flexibility index (Phi) is 6.71. The summed E-state index contributed by atoms with van der Waals surface area (Å²) < 4.78 is 0. The number of hydrogen-bond acceptors (Lipinski definition) is 2. The molecule has 2 rings (SSSR count). The van der Waals surface area contributed by atoms with Crippen LogP contribution in [0.15, 0.2) is 60.7 Å². The van der Waals surface area contributed by atoms with Gasteiger partial charge < -0.3 is 10.6 Å². The highest BCUT2D eigenvalue weighted by Crippen LogP contribution is 2.17. The molecule has 2 aromatic carbocycles. The Bertz CT molecular complexity index is 647. The summed E-state index contributed by atoms with van der Waals surface area (Å²) in [6, 6.07) is 19.2. The van der Waals surface area contributed by atoms with Crippen molar-refractivity contribution < 1.29 is 14.9 Å². The molecule has 25 heavy (non-hydrogen) atoms. The highest BCUT2D eigenvalue weighted by molar-refractivity contribution is 5.96. The van der Waals surface area contributed by atoms with E-state index in [0.717, 1.165) is 11.1 Å². The lowest BCUT2D eigenvalue weighted by atomic mass is 9.98. The van der Waals surface area contributed by atoms with Crippen LogP contribution >= 0.6 is 0 Å². The van der Waals surface area contributed by atoms with Gasteiger partial charge >= 0.3 is 6.03 Å². The van der Waals surface area contributed by atoms with Gasteiger partial charge in [-0.15, -0.1) is 0 Å². The largest absolute Gasteiger partial charge is 0.336 e. The fourth-order valence-electron chi connectivity index (χ4n) is 2.64. The number of carbonyl (C=O) groups excluding carboxylic acids is 2. The summed E-state index contributed by atoms with van der Waals surface area (Å²) in [4.78, 5) is 24.1. The Labute approximate surface area is 148 Å². The van der Waals surface area contributed by atoms with Crippen LogP contribution in [0.5, 0.6) is 0 Å². The van der Waals surface area contributed by atoms with E-state index >= 15 is 0 Å². The van der Waals surface area contributed by atoms with E-state index < -0.39 is 12.1 Å². The molecule has 5 heteroatoms. The van der Waals surface area contributed by atoms with Crippen molar-refractivity contribution in [3.8, 4) is 0 Å². The normalized spacial score (nSPS) is 12.0. The maximum atomic E-state index is 12.3. The Hall–Kier alpha value is -2.66. The van der Waals surface area contributed by atoms with Crippen LogP contribution in [0.25, 0.3) is 0 Å². The summed E-state index contributed by atoms with van der Waals surface area (Å²) >= 11 is 0. The van der Waals surface area contributed by atoms with Crippen LogP contribution in [0.3, 0.4) is 0 Å². The van der Waals surface area contributed by atoms with Crippen molar-refractivity contribution in [1.82, 2.24) is 10.6 Å². The number of hydrogen-bond donors (Lipinski definition) is 3. The first-order valence-electron chi connectivity index (χ1n) is 8.53. The third-order valence-corrected chi connectivity index (χ3v) is 3.87. The van der Waals surface area contributed by atoms with Gasteiger partial charge in [-0.25, -0.2) is 4.79 Å². The highest BCUT2D eigenvalue weighted by atomic mass is 16.2. The zero-order valence-electron chi connectivity index (χ0n) is 14.9. The number of imide groups is 1. The zero-order chi connectivity index (χ0) is 18.2. The standard InChI is InChI=1S/C20H25N3O2/c1-14(2)21-20(25)23-19(24)15(3)22-18(16-10-6-4-7-11-16)17-12-8-5-9-13-17/h4-15,18,22H,1-3H3,(H2,21,23,24,25)/p+1/t15-/m1/s1. The van der Waals surface area contributed by atoms with Crippen LogP contribution < -0.4 is 16.0 Å². The number of benzene rings is 2. The molecule has 0 saturated heterocycles. The topological polar surface area (TPSA) is 74.8 Å². The second-order valence-corrected chi connectivity index (χ2v) is 6.40. The average Bonchev–Trinajstić information content (AvgIpc) is 2.60. The van der Waals surface area contributed by atoms with Gasteiger partial charge in [0, 0.05) is 17.2 Å². The minimum absolute atomic E-state index is 0.0173. The molecule has 0 aliphatic carbocycles. The molecular formula is C20H26N3O2+. The molecule has 0 bridgehead atoms. The molecule has 132 valence electrons. The Balaban J connectivity index is 2.11. The second kappa shape index (κ2) is 8.99. The first-order chi connectivity index (χ1) is 12.0. The van der Waals surface area contributed by atoms with Crippen LogP contribution in [-0.4, -0.2) is 24.0 Å². The van der Waals surface area contributed by atoms with E-state index in [0.29, 0.717) is 0 Å². The van der Waals surface area contributed by atoms with E-state index in [1.807, 2.05) is 79.8 Å². The summed E-state index contributed by atoms with van der Waals surface area (Å²) in [6.07, 6.45) is 0. The predicted octanol–water partition coefficient (Wildman–Crippen LogP) is 1.96. The molecule has 4 N–H and O–H groups in total. The SMILES string of the molecule is CC(C)NC(=O)NC(=O)[C@@H](C)[NH2+]C(c1ccccc1)c1ccccc1. The zero-order valence-corrected chi connectivity index (χ0v) is 14.9. The number of quaternary nitrogens is 1. The number of nitrogens with two attached hydrogens (primary N) is 1.